The Labute approximate surface area is 217 Å². The summed E-state index contributed by atoms with van der Waals surface area (Å²) in [6.45, 7) is 11.2. The third-order valence-electron chi connectivity index (χ3n) is 7.13. The van der Waals surface area contributed by atoms with Crippen molar-refractivity contribution < 1.29 is 28.2 Å². The van der Waals surface area contributed by atoms with Gasteiger partial charge in [0.25, 0.3) is 0 Å². The van der Waals surface area contributed by atoms with Gasteiger partial charge in [-0.15, -0.1) is 0 Å². The molecule has 3 atom stereocenters. The van der Waals surface area contributed by atoms with Crippen LogP contribution in [0.2, 0.25) is 18.1 Å². The molecule has 1 saturated heterocycles. The number of amides is 2. The van der Waals surface area contributed by atoms with E-state index in [1.807, 2.05) is 43.4 Å². The first kappa shape index (κ1) is 26.5. The Hall–Kier alpha value is -3.53. The summed E-state index contributed by atoms with van der Waals surface area (Å²) in [4.78, 5) is 30.8. The molecule has 10 nitrogen and oxygen atoms in total. The van der Waals surface area contributed by atoms with Crippen molar-refractivity contribution in [1.29, 1.82) is 0 Å². The molecule has 0 spiro atoms. The second-order valence-electron chi connectivity index (χ2n) is 10.6. The van der Waals surface area contributed by atoms with Crippen LogP contribution in [0.5, 0.6) is 11.5 Å². The number of cyclic esters (lactones) is 1. The minimum Gasteiger partial charge on any atom is -0.486 e. The number of azide groups is 1. The number of nitrogens with zero attached hydrogens (tertiary/aromatic N) is 4. The predicted octanol–water partition coefficient (Wildman–Crippen LogP) is 5.92. The van der Waals surface area contributed by atoms with Crippen LogP contribution in [0.15, 0.2) is 53.6 Å². The largest absolute Gasteiger partial charge is 0.486 e. The molecule has 2 aromatic carbocycles. The molecule has 37 heavy (non-hydrogen) atoms. The molecule has 2 unspecified atom stereocenters. The minimum atomic E-state index is -2.50. The average molecular weight is 525 g/mol. The molecule has 2 heterocycles. The molecule has 0 saturated carbocycles. The maximum atomic E-state index is 14.0. The van der Waals surface area contributed by atoms with Gasteiger partial charge in [-0.25, -0.2) is 9.69 Å². The molecular formula is C26H32N4O6Si. The van der Waals surface area contributed by atoms with Gasteiger partial charge in [-0.1, -0.05) is 62.3 Å². The van der Waals surface area contributed by atoms with Gasteiger partial charge in [-0.2, -0.15) is 0 Å². The van der Waals surface area contributed by atoms with E-state index in [9.17, 15) is 15.1 Å². The Balaban J connectivity index is 1.78. The highest BCUT2D eigenvalue weighted by atomic mass is 28.4. The minimum absolute atomic E-state index is 0.00928. The molecule has 196 valence electrons. The van der Waals surface area contributed by atoms with E-state index < -0.39 is 38.5 Å². The summed E-state index contributed by atoms with van der Waals surface area (Å²) in [5.74, 6) is 0.412. The average Bonchev–Trinajstić information content (AvgIpc) is 3.26. The first-order valence-electron chi connectivity index (χ1n) is 12.2. The van der Waals surface area contributed by atoms with Crippen molar-refractivity contribution in [2.24, 2.45) is 5.11 Å². The Morgan fingerprint density at radius 1 is 1.11 bits per heavy atom. The lowest BCUT2D eigenvalue weighted by molar-refractivity contribution is -0.133. The van der Waals surface area contributed by atoms with Crippen LogP contribution < -0.4 is 9.47 Å². The third-order valence-corrected chi connectivity index (χ3v) is 11.6. The molecule has 4 rings (SSSR count). The molecule has 0 aliphatic carbocycles. The van der Waals surface area contributed by atoms with Gasteiger partial charge in [-0.3, -0.25) is 4.79 Å². The van der Waals surface area contributed by atoms with E-state index in [0.717, 1.165) is 10.5 Å². The molecule has 0 N–H and O–H groups in total. The fourth-order valence-corrected chi connectivity index (χ4v) is 5.32. The summed E-state index contributed by atoms with van der Waals surface area (Å²) >= 11 is 0. The number of benzene rings is 2. The molecule has 11 heteroatoms. The SMILES string of the molecule is CC(C)(C)[Si](C)(C)OC(c1ccc2c(c1)OCCO2)C(N=[N+]=[N-])C(=O)N1C(=O)OC[C@@H]1c1ccccc1. The topological polar surface area (TPSA) is 123 Å². The van der Waals surface area contributed by atoms with E-state index in [1.54, 1.807) is 18.2 Å². The number of rotatable bonds is 7. The summed E-state index contributed by atoms with van der Waals surface area (Å²) in [6.07, 6.45) is -1.75. The quantitative estimate of drug-likeness (QED) is 0.192. The first-order valence-corrected chi connectivity index (χ1v) is 15.1. The van der Waals surface area contributed by atoms with Crippen LogP contribution in [0.25, 0.3) is 10.4 Å². The Morgan fingerprint density at radius 2 is 1.78 bits per heavy atom. The van der Waals surface area contributed by atoms with Crippen molar-refractivity contribution in [3.8, 4) is 11.5 Å². The second-order valence-corrected chi connectivity index (χ2v) is 15.3. The van der Waals surface area contributed by atoms with E-state index in [2.05, 4.69) is 30.8 Å². The van der Waals surface area contributed by atoms with Crippen molar-refractivity contribution in [2.75, 3.05) is 19.8 Å². The van der Waals surface area contributed by atoms with Gasteiger partial charge < -0.3 is 18.6 Å². The zero-order valence-corrected chi connectivity index (χ0v) is 22.7. The highest BCUT2D eigenvalue weighted by Crippen LogP contribution is 2.43. The van der Waals surface area contributed by atoms with Gasteiger partial charge in [0.2, 0.25) is 5.91 Å². The normalized spacial score (nSPS) is 19.0. The lowest BCUT2D eigenvalue weighted by Crippen LogP contribution is -2.48. The van der Waals surface area contributed by atoms with Gasteiger partial charge in [0.1, 0.15) is 31.9 Å². The van der Waals surface area contributed by atoms with Crippen LogP contribution in [0.1, 0.15) is 44.0 Å². The van der Waals surface area contributed by atoms with Crippen LogP contribution in [0.4, 0.5) is 4.79 Å². The molecule has 1 fully saturated rings. The van der Waals surface area contributed by atoms with Crippen molar-refractivity contribution >= 4 is 20.3 Å². The third kappa shape index (κ3) is 5.43. The van der Waals surface area contributed by atoms with Gasteiger partial charge in [0.05, 0.1) is 6.10 Å². The van der Waals surface area contributed by atoms with Crippen LogP contribution in [-0.4, -0.2) is 51.1 Å². The monoisotopic (exact) mass is 524 g/mol. The molecule has 0 aromatic heterocycles. The molecule has 2 aliphatic rings. The number of hydrogen-bond donors (Lipinski definition) is 0. The van der Waals surface area contributed by atoms with Crippen molar-refractivity contribution in [3.63, 3.8) is 0 Å². The zero-order valence-electron chi connectivity index (χ0n) is 21.7. The van der Waals surface area contributed by atoms with E-state index in [1.165, 1.54) is 0 Å². The maximum Gasteiger partial charge on any atom is 0.417 e. The van der Waals surface area contributed by atoms with E-state index in [4.69, 9.17) is 18.6 Å². The maximum absolute atomic E-state index is 14.0. The molecular weight excluding hydrogens is 492 g/mol. The summed E-state index contributed by atoms with van der Waals surface area (Å²) in [5.41, 5.74) is 10.8. The number of carbonyl (C=O) groups excluding carboxylic acids is 2. The van der Waals surface area contributed by atoms with Gasteiger partial charge in [0.15, 0.2) is 19.8 Å². The number of hydrogen-bond acceptors (Lipinski definition) is 7. The molecule has 0 bridgehead atoms. The Bertz CT molecular complexity index is 1210. The predicted molar refractivity (Wildman–Crippen MR) is 139 cm³/mol. The van der Waals surface area contributed by atoms with Crippen molar-refractivity contribution in [1.82, 2.24) is 4.90 Å². The Morgan fingerprint density at radius 3 is 2.43 bits per heavy atom. The number of fused-ring (bicyclic) bond motifs is 1. The summed E-state index contributed by atoms with van der Waals surface area (Å²) < 4.78 is 23.4. The summed E-state index contributed by atoms with van der Waals surface area (Å²) in [5, 5.41) is 3.69. The highest BCUT2D eigenvalue weighted by Gasteiger charge is 2.47. The first-order chi connectivity index (χ1) is 17.5. The number of imide groups is 1. The lowest BCUT2D eigenvalue weighted by Gasteiger charge is -2.41. The smallest absolute Gasteiger partial charge is 0.417 e. The van der Waals surface area contributed by atoms with Crippen molar-refractivity contribution in [3.05, 3.63) is 70.1 Å². The van der Waals surface area contributed by atoms with E-state index >= 15 is 0 Å². The van der Waals surface area contributed by atoms with Crippen LogP contribution in [0, 0.1) is 0 Å². The van der Waals surface area contributed by atoms with Gasteiger partial charge >= 0.3 is 6.09 Å². The lowest BCUT2D eigenvalue weighted by atomic mass is 9.99. The van der Waals surface area contributed by atoms with Crippen LogP contribution >= 0.6 is 0 Å². The van der Waals surface area contributed by atoms with Crippen LogP contribution in [-0.2, 0) is 14.0 Å². The highest BCUT2D eigenvalue weighted by molar-refractivity contribution is 6.74. The van der Waals surface area contributed by atoms with Gasteiger partial charge in [-0.05, 0) is 46.9 Å². The standard InChI is InChI=1S/C26H32N4O6Si/c1-26(2,3)37(4,5)36-23(18-11-12-20-21(15-18)34-14-13-33-20)22(28-29-27)24(31)30-19(16-35-25(30)32)17-9-7-6-8-10-17/h6-12,15,19,22-23H,13-14,16H2,1-5H3/t19-,22?,23?/m1/s1. The summed E-state index contributed by atoms with van der Waals surface area (Å²) in [6, 6.07) is 12.4. The molecule has 2 aliphatic heterocycles. The number of carbonyl (C=O) groups is 2. The molecule has 2 aromatic rings. The van der Waals surface area contributed by atoms with E-state index in [0.29, 0.717) is 30.3 Å². The fraction of sp³-hybridized carbons (Fsp3) is 0.462. The number of ether oxygens (including phenoxy) is 3. The Kier molecular flexibility index (Phi) is 7.49. The van der Waals surface area contributed by atoms with Crippen LogP contribution in [0.3, 0.4) is 0 Å². The van der Waals surface area contributed by atoms with Crippen molar-refractivity contribution in [2.45, 2.75) is 57.1 Å². The fourth-order valence-electron chi connectivity index (χ4n) is 4.07. The summed E-state index contributed by atoms with van der Waals surface area (Å²) in [7, 11) is -2.50. The van der Waals surface area contributed by atoms with Gasteiger partial charge in [0, 0.05) is 4.91 Å². The zero-order chi connectivity index (χ0) is 26.8. The molecule has 2 amide bonds. The second kappa shape index (κ2) is 10.4. The molecule has 0 radical (unpaired) electrons. The van der Waals surface area contributed by atoms with E-state index in [-0.39, 0.29) is 11.6 Å².